The monoisotopic (exact) mass is 219 g/mol. The fraction of sp³-hybridized carbons (Fsp3) is 0.308. The number of aliphatic hydroxyl groups excluding tert-OH is 1. The summed E-state index contributed by atoms with van der Waals surface area (Å²) in [6.07, 6.45) is -0.256. The molecular formula is C13H17NO2. The van der Waals surface area contributed by atoms with Gasteiger partial charge in [-0.05, 0) is 12.0 Å². The van der Waals surface area contributed by atoms with E-state index in [1.165, 1.54) is 0 Å². The summed E-state index contributed by atoms with van der Waals surface area (Å²) < 4.78 is 0. The number of carbonyl (C=O) groups is 1. The highest BCUT2D eigenvalue weighted by atomic mass is 16.3. The lowest BCUT2D eigenvalue weighted by atomic mass is 10.1. The largest absolute Gasteiger partial charge is 0.388 e. The van der Waals surface area contributed by atoms with Gasteiger partial charge in [0, 0.05) is 12.1 Å². The molecule has 0 saturated carbocycles. The number of hydrogen-bond acceptors (Lipinski definition) is 2. The molecule has 0 aliphatic carbocycles. The van der Waals surface area contributed by atoms with Crippen molar-refractivity contribution < 1.29 is 9.90 Å². The van der Waals surface area contributed by atoms with Crippen LogP contribution in [0.4, 0.5) is 0 Å². The average Bonchev–Trinajstić information content (AvgIpc) is 2.35. The van der Waals surface area contributed by atoms with E-state index in [4.69, 9.17) is 0 Å². The van der Waals surface area contributed by atoms with Crippen LogP contribution in [0.25, 0.3) is 0 Å². The van der Waals surface area contributed by atoms with Crippen LogP contribution in [0.3, 0.4) is 0 Å². The molecule has 1 rings (SSSR count). The topological polar surface area (TPSA) is 49.3 Å². The molecule has 3 nitrogen and oxygen atoms in total. The number of aliphatic hydroxyl groups is 1. The van der Waals surface area contributed by atoms with Crippen LogP contribution in [0.15, 0.2) is 42.5 Å². The SMILES string of the molecule is C=C(C(=O)NCc1ccccc1)[C@@H](O)CC. The maximum Gasteiger partial charge on any atom is 0.249 e. The van der Waals surface area contributed by atoms with E-state index in [9.17, 15) is 9.90 Å². The van der Waals surface area contributed by atoms with Gasteiger partial charge in [0.05, 0.1) is 6.10 Å². The third kappa shape index (κ3) is 3.51. The Labute approximate surface area is 95.8 Å². The molecule has 0 aliphatic rings. The van der Waals surface area contributed by atoms with Crippen molar-refractivity contribution in [3.63, 3.8) is 0 Å². The quantitative estimate of drug-likeness (QED) is 0.739. The van der Waals surface area contributed by atoms with Gasteiger partial charge in [-0.25, -0.2) is 0 Å². The molecule has 1 amide bonds. The van der Waals surface area contributed by atoms with E-state index in [0.29, 0.717) is 13.0 Å². The predicted molar refractivity (Wildman–Crippen MR) is 63.7 cm³/mol. The fourth-order valence-corrected chi connectivity index (χ4v) is 1.29. The highest BCUT2D eigenvalue weighted by Crippen LogP contribution is 2.04. The third-order valence-electron chi connectivity index (χ3n) is 2.38. The second-order valence-electron chi connectivity index (χ2n) is 3.62. The lowest BCUT2D eigenvalue weighted by molar-refractivity contribution is -0.118. The molecule has 2 N–H and O–H groups in total. The van der Waals surface area contributed by atoms with Crippen LogP contribution in [0.2, 0.25) is 0 Å². The first-order valence-electron chi connectivity index (χ1n) is 5.34. The van der Waals surface area contributed by atoms with Crippen LogP contribution in [0.1, 0.15) is 18.9 Å². The van der Waals surface area contributed by atoms with E-state index >= 15 is 0 Å². The minimum atomic E-state index is -0.754. The number of benzene rings is 1. The van der Waals surface area contributed by atoms with Crippen molar-refractivity contribution in [3.8, 4) is 0 Å². The zero-order valence-corrected chi connectivity index (χ0v) is 9.44. The third-order valence-corrected chi connectivity index (χ3v) is 2.38. The van der Waals surface area contributed by atoms with Crippen molar-refractivity contribution in [2.45, 2.75) is 26.0 Å². The zero-order valence-electron chi connectivity index (χ0n) is 9.44. The van der Waals surface area contributed by atoms with Crippen molar-refractivity contribution >= 4 is 5.91 Å². The van der Waals surface area contributed by atoms with E-state index in [1.54, 1.807) is 6.92 Å². The van der Waals surface area contributed by atoms with Gasteiger partial charge in [0.15, 0.2) is 0 Å². The molecule has 0 aromatic heterocycles. The molecule has 1 aromatic rings. The Morgan fingerprint density at radius 2 is 2.06 bits per heavy atom. The number of rotatable bonds is 5. The molecule has 0 saturated heterocycles. The smallest absolute Gasteiger partial charge is 0.249 e. The first-order chi connectivity index (χ1) is 7.65. The van der Waals surface area contributed by atoms with Crippen molar-refractivity contribution in [1.82, 2.24) is 5.32 Å². The molecule has 0 unspecified atom stereocenters. The van der Waals surface area contributed by atoms with Gasteiger partial charge in [-0.2, -0.15) is 0 Å². The Hall–Kier alpha value is -1.61. The van der Waals surface area contributed by atoms with Crippen LogP contribution in [0.5, 0.6) is 0 Å². The summed E-state index contributed by atoms with van der Waals surface area (Å²) in [7, 11) is 0. The van der Waals surface area contributed by atoms with Crippen molar-refractivity contribution in [2.24, 2.45) is 0 Å². The number of carbonyl (C=O) groups excluding carboxylic acids is 1. The van der Waals surface area contributed by atoms with E-state index in [-0.39, 0.29) is 11.5 Å². The Balaban J connectivity index is 2.44. The maximum absolute atomic E-state index is 11.5. The first kappa shape index (κ1) is 12.5. The van der Waals surface area contributed by atoms with Crippen LogP contribution >= 0.6 is 0 Å². The van der Waals surface area contributed by atoms with Gasteiger partial charge in [0.2, 0.25) is 5.91 Å². The molecule has 0 aliphatic heterocycles. The summed E-state index contributed by atoms with van der Waals surface area (Å²) in [6.45, 7) is 5.83. The van der Waals surface area contributed by atoms with Crippen LogP contribution in [-0.4, -0.2) is 17.1 Å². The second-order valence-corrected chi connectivity index (χ2v) is 3.62. The van der Waals surface area contributed by atoms with Crippen LogP contribution in [-0.2, 0) is 11.3 Å². The molecule has 0 spiro atoms. The van der Waals surface area contributed by atoms with Crippen molar-refractivity contribution in [1.29, 1.82) is 0 Å². The van der Waals surface area contributed by atoms with Gasteiger partial charge in [0.25, 0.3) is 0 Å². The molecule has 0 radical (unpaired) electrons. The molecule has 16 heavy (non-hydrogen) atoms. The first-order valence-corrected chi connectivity index (χ1v) is 5.34. The molecule has 0 fully saturated rings. The minimum absolute atomic E-state index is 0.221. The van der Waals surface area contributed by atoms with E-state index in [0.717, 1.165) is 5.56 Å². The highest BCUT2D eigenvalue weighted by Gasteiger charge is 2.13. The summed E-state index contributed by atoms with van der Waals surface area (Å²) >= 11 is 0. The van der Waals surface area contributed by atoms with Gasteiger partial charge in [-0.3, -0.25) is 4.79 Å². The molecule has 86 valence electrons. The molecule has 0 heterocycles. The standard InChI is InChI=1S/C13H17NO2/c1-3-12(15)10(2)13(16)14-9-11-7-5-4-6-8-11/h4-8,12,15H,2-3,9H2,1H3,(H,14,16)/t12-/m0/s1. The van der Waals surface area contributed by atoms with Crippen molar-refractivity contribution in [3.05, 3.63) is 48.0 Å². The minimum Gasteiger partial charge on any atom is -0.388 e. The van der Waals surface area contributed by atoms with E-state index in [2.05, 4.69) is 11.9 Å². The number of nitrogens with one attached hydrogen (secondary N) is 1. The summed E-state index contributed by atoms with van der Waals surface area (Å²) in [5.41, 5.74) is 1.24. The van der Waals surface area contributed by atoms with E-state index < -0.39 is 6.10 Å². The van der Waals surface area contributed by atoms with Gasteiger partial charge < -0.3 is 10.4 Å². The van der Waals surface area contributed by atoms with Gasteiger partial charge >= 0.3 is 0 Å². The summed E-state index contributed by atoms with van der Waals surface area (Å²) in [5.74, 6) is -0.293. The lowest BCUT2D eigenvalue weighted by Crippen LogP contribution is -2.29. The average molecular weight is 219 g/mol. The Morgan fingerprint density at radius 1 is 1.44 bits per heavy atom. The van der Waals surface area contributed by atoms with Gasteiger partial charge in [0.1, 0.15) is 0 Å². The Morgan fingerprint density at radius 3 is 2.62 bits per heavy atom. The van der Waals surface area contributed by atoms with Gasteiger partial charge in [-0.1, -0.05) is 43.8 Å². The summed E-state index contributed by atoms with van der Waals surface area (Å²) in [6, 6.07) is 9.61. The Bertz CT molecular complexity index is 359. The van der Waals surface area contributed by atoms with Crippen LogP contribution in [0, 0.1) is 0 Å². The molecule has 0 bridgehead atoms. The summed E-state index contributed by atoms with van der Waals surface area (Å²) in [5, 5.41) is 12.1. The number of amides is 1. The summed E-state index contributed by atoms with van der Waals surface area (Å²) in [4.78, 5) is 11.5. The lowest BCUT2D eigenvalue weighted by Gasteiger charge is -2.11. The highest BCUT2D eigenvalue weighted by molar-refractivity contribution is 5.93. The van der Waals surface area contributed by atoms with Crippen molar-refractivity contribution in [2.75, 3.05) is 0 Å². The maximum atomic E-state index is 11.5. The molecular weight excluding hydrogens is 202 g/mol. The van der Waals surface area contributed by atoms with Gasteiger partial charge in [-0.15, -0.1) is 0 Å². The van der Waals surface area contributed by atoms with Crippen LogP contribution < -0.4 is 5.32 Å². The number of hydrogen-bond donors (Lipinski definition) is 2. The Kier molecular flexibility index (Phi) is 4.73. The zero-order chi connectivity index (χ0) is 12.0. The predicted octanol–water partition coefficient (Wildman–Crippen LogP) is 1.63. The molecule has 1 aromatic carbocycles. The fourth-order valence-electron chi connectivity index (χ4n) is 1.29. The molecule has 1 atom stereocenters. The van der Waals surface area contributed by atoms with E-state index in [1.807, 2.05) is 30.3 Å². The normalized spacial score (nSPS) is 11.9. The second kappa shape index (κ2) is 6.08. The molecule has 3 heteroatoms.